The normalized spacial score (nSPS) is 12.0. The highest BCUT2D eigenvalue weighted by Gasteiger charge is 2.15. The molecule has 1 unspecified atom stereocenters. The SMILES string of the molecule is CC(CC(=O)Nc1c(Cl)ccc2nc(NCCNCCO)ccc12)c1ccccc1. The molecule has 1 aromatic heterocycles. The predicted molar refractivity (Wildman–Crippen MR) is 123 cm³/mol. The summed E-state index contributed by atoms with van der Waals surface area (Å²) in [6, 6.07) is 17.3. The molecule has 0 aliphatic carbocycles. The Hall–Kier alpha value is -2.67. The quantitative estimate of drug-likeness (QED) is 0.368. The molecule has 0 aliphatic heterocycles. The molecule has 0 saturated carbocycles. The lowest BCUT2D eigenvalue weighted by Gasteiger charge is -2.15. The molecule has 158 valence electrons. The first-order chi connectivity index (χ1) is 14.6. The van der Waals surface area contributed by atoms with Crippen molar-refractivity contribution >= 4 is 39.9 Å². The number of nitrogens with one attached hydrogen (secondary N) is 3. The van der Waals surface area contributed by atoms with Crippen molar-refractivity contribution in [2.75, 3.05) is 36.9 Å². The molecule has 0 spiro atoms. The Bertz CT molecular complexity index is 982. The lowest BCUT2D eigenvalue weighted by Crippen LogP contribution is -2.25. The maximum Gasteiger partial charge on any atom is 0.225 e. The number of anilines is 2. The van der Waals surface area contributed by atoms with Crippen LogP contribution in [0.1, 0.15) is 24.8 Å². The molecule has 30 heavy (non-hydrogen) atoms. The number of aliphatic hydroxyl groups excluding tert-OH is 1. The Morgan fingerprint density at radius 3 is 2.63 bits per heavy atom. The topological polar surface area (TPSA) is 86.3 Å². The highest BCUT2D eigenvalue weighted by molar-refractivity contribution is 6.35. The van der Waals surface area contributed by atoms with Crippen molar-refractivity contribution in [3.05, 3.63) is 65.2 Å². The lowest BCUT2D eigenvalue weighted by atomic mass is 9.97. The first-order valence-corrected chi connectivity index (χ1v) is 10.5. The van der Waals surface area contributed by atoms with E-state index in [9.17, 15) is 4.79 Å². The third-order valence-electron chi connectivity index (χ3n) is 4.84. The zero-order valence-electron chi connectivity index (χ0n) is 17.0. The van der Waals surface area contributed by atoms with Crippen LogP contribution in [-0.4, -0.2) is 42.2 Å². The van der Waals surface area contributed by atoms with Crippen LogP contribution in [0.2, 0.25) is 5.02 Å². The van der Waals surface area contributed by atoms with Gasteiger partial charge in [0.2, 0.25) is 5.91 Å². The Morgan fingerprint density at radius 2 is 1.87 bits per heavy atom. The van der Waals surface area contributed by atoms with E-state index < -0.39 is 0 Å². The number of hydrogen-bond acceptors (Lipinski definition) is 5. The van der Waals surface area contributed by atoms with Crippen molar-refractivity contribution in [1.29, 1.82) is 0 Å². The molecule has 0 radical (unpaired) electrons. The smallest absolute Gasteiger partial charge is 0.225 e. The minimum Gasteiger partial charge on any atom is -0.395 e. The summed E-state index contributed by atoms with van der Waals surface area (Å²) >= 11 is 6.39. The summed E-state index contributed by atoms with van der Waals surface area (Å²) in [6.07, 6.45) is 0.366. The monoisotopic (exact) mass is 426 g/mol. The molecule has 1 heterocycles. The number of carbonyl (C=O) groups excluding carboxylic acids is 1. The third kappa shape index (κ3) is 5.92. The van der Waals surface area contributed by atoms with Crippen LogP contribution >= 0.6 is 11.6 Å². The number of aromatic nitrogens is 1. The van der Waals surface area contributed by atoms with Gasteiger partial charge in [-0.25, -0.2) is 4.98 Å². The highest BCUT2D eigenvalue weighted by Crippen LogP contribution is 2.32. The van der Waals surface area contributed by atoms with Crippen LogP contribution in [0.5, 0.6) is 0 Å². The minimum absolute atomic E-state index is 0.0853. The summed E-state index contributed by atoms with van der Waals surface area (Å²) in [5, 5.41) is 19.4. The number of aliphatic hydroxyl groups is 1. The maximum atomic E-state index is 12.7. The first-order valence-electron chi connectivity index (χ1n) is 10.1. The number of carbonyl (C=O) groups is 1. The zero-order valence-corrected chi connectivity index (χ0v) is 17.7. The van der Waals surface area contributed by atoms with Gasteiger partial charge in [0, 0.05) is 31.4 Å². The molecule has 0 fully saturated rings. The van der Waals surface area contributed by atoms with Gasteiger partial charge in [-0.15, -0.1) is 0 Å². The molecule has 0 saturated heterocycles. The Morgan fingerprint density at radius 1 is 1.07 bits per heavy atom. The summed E-state index contributed by atoms with van der Waals surface area (Å²) in [7, 11) is 0. The Kier molecular flexibility index (Phi) is 8.02. The fourth-order valence-electron chi connectivity index (χ4n) is 3.25. The second kappa shape index (κ2) is 10.9. The summed E-state index contributed by atoms with van der Waals surface area (Å²) in [6.45, 7) is 4.13. The summed E-state index contributed by atoms with van der Waals surface area (Å²) in [4.78, 5) is 17.3. The van der Waals surface area contributed by atoms with E-state index in [0.29, 0.717) is 30.2 Å². The molecule has 3 rings (SSSR count). The van der Waals surface area contributed by atoms with E-state index in [0.717, 1.165) is 28.8 Å². The van der Waals surface area contributed by atoms with Crippen molar-refractivity contribution < 1.29 is 9.90 Å². The van der Waals surface area contributed by atoms with Crippen molar-refractivity contribution in [3.63, 3.8) is 0 Å². The number of benzene rings is 2. The van der Waals surface area contributed by atoms with Crippen LogP contribution in [0.25, 0.3) is 10.9 Å². The molecular formula is C23H27ClN4O2. The van der Waals surface area contributed by atoms with Crippen molar-refractivity contribution in [3.8, 4) is 0 Å². The van der Waals surface area contributed by atoms with Gasteiger partial charge in [-0.1, -0.05) is 48.9 Å². The number of hydrogen-bond donors (Lipinski definition) is 4. The van der Waals surface area contributed by atoms with Crippen LogP contribution in [0.3, 0.4) is 0 Å². The number of nitrogens with zero attached hydrogens (tertiary/aromatic N) is 1. The lowest BCUT2D eigenvalue weighted by molar-refractivity contribution is -0.116. The molecule has 3 aromatic rings. The van der Waals surface area contributed by atoms with E-state index in [2.05, 4.69) is 20.9 Å². The first kappa shape index (κ1) is 22.0. The number of pyridine rings is 1. The average molecular weight is 427 g/mol. The molecule has 1 amide bonds. The van der Waals surface area contributed by atoms with Crippen molar-refractivity contribution in [2.45, 2.75) is 19.3 Å². The second-order valence-electron chi connectivity index (χ2n) is 7.15. The number of rotatable bonds is 10. The molecule has 2 aromatic carbocycles. The molecule has 6 nitrogen and oxygen atoms in total. The standard InChI is InChI=1S/C23H27ClN4O2/c1-16(17-5-3-2-4-6-17)15-22(30)28-23-18-7-10-21(26-12-11-25-13-14-29)27-20(18)9-8-19(23)24/h2-10,16,25,29H,11-15H2,1H3,(H,26,27)(H,28,30). The fraction of sp³-hybridized carbons (Fsp3) is 0.304. The van der Waals surface area contributed by atoms with Gasteiger partial charge in [0.15, 0.2) is 0 Å². The molecule has 0 aliphatic rings. The van der Waals surface area contributed by atoms with Gasteiger partial charge >= 0.3 is 0 Å². The van der Waals surface area contributed by atoms with Crippen LogP contribution < -0.4 is 16.0 Å². The number of fused-ring (bicyclic) bond motifs is 1. The Balaban J connectivity index is 1.68. The van der Waals surface area contributed by atoms with E-state index in [1.54, 1.807) is 6.07 Å². The van der Waals surface area contributed by atoms with Gasteiger partial charge < -0.3 is 21.1 Å². The predicted octanol–water partition coefficient (Wildman–Crippen LogP) is 4.01. The van der Waals surface area contributed by atoms with Gasteiger partial charge in [0.05, 0.1) is 22.8 Å². The molecular weight excluding hydrogens is 400 g/mol. The molecule has 1 atom stereocenters. The van der Waals surface area contributed by atoms with Crippen LogP contribution in [0.15, 0.2) is 54.6 Å². The van der Waals surface area contributed by atoms with Gasteiger partial charge in [-0.3, -0.25) is 4.79 Å². The van der Waals surface area contributed by atoms with Gasteiger partial charge in [0.25, 0.3) is 0 Å². The van der Waals surface area contributed by atoms with Gasteiger partial charge in [-0.2, -0.15) is 0 Å². The van der Waals surface area contributed by atoms with Gasteiger partial charge in [0.1, 0.15) is 5.82 Å². The molecule has 7 heteroatoms. The second-order valence-corrected chi connectivity index (χ2v) is 7.56. The zero-order chi connectivity index (χ0) is 21.3. The van der Waals surface area contributed by atoms with Crippen LogP contribution in [0.4, 0.5) is 11.5 Å². The minimum atomic E-state index is -0.0853. The summed E-state index contributed by atoms with van der Waals surface area (Å²) in [5.41, 5.74) is 2.46. The maximum absolute atomic E-state index is 12.7. The largest absolute Gasteiger partial charge is 0.395 e. The highest BCUT2D eigenvalue weighted by atomic mass is 35.5. The van der Waals surface area contributed by atoms with Crippen molar-refractivity contribution in [1.82, 2.24) is 10.3 Å². The van der Waals surface area contributed by atoms with Crippen molar-refractivity contribution in [2.24, 2.45) is 0 Å². The molecule has 0 bridgehead atoms. The van der Waals surface area contributed by atoms with Crippen LogP contribution in [-0.2, 0) is 4.79 Å². The number of amides is 1. The van der Waals surface area contributed by atoms with E-state index >= 15 is 0 Å². The van der Waals surface area contributed by atoms with Crippen LogP contribution in [0, 0.1) is 0 Å². The van der Waals surface area contributed by atoms with E-state index in [4.69, 9.17) is 16.7 Å². The Labute approximate surface area is 181 Å². The summed E-state index contributed by atoms with van der Waals surface area (Å²) < 4.78 is 0. The van der Waals surface area contributed by atoms with E-state index in [1.165, 1.54) is 0 Å². The molecule has 4 N–H and O–H groups in total. The van der Waals surface area contributed by atoms with Gasteiger partial charge in [-0.05, 0) is 35.7 Å². The number of halogens is 1. The summed E-state index contributed by atoms with van der Waals surface area (Å²) in [5.74, 6) is 0.761. The van der Waals surface area contributed by atoms with E-state index in [1.807, 2.05) is 55.5 Å². The fourth-order valence-corrected chi connectivity index (χ4v) is 3.47. The third-order valence-corrected chi connectivity index (χ3v) is 5.16. The average Bonchev–Trinajstić information content (AvgIpc) is 2.76. The van der Waals surface area contributed by atoms with E-state index in [-0.39, 0.29) is 18.4 Å².